The molecule has 20 heavy (non-hydrogen) atoms. The first-order chi connectivity index (χ1) is 9.69. The van der Waals surface area contributed by atoms with Gasteiger partial charge in [0.15, 0.2) is 0 Å². The van der Waals surface area contributed by atoms with Gasteiger partial charge < -0.3 is 5.32 Å². The highest BCUT2D eigenvalue weighted by Gasteiger charge is 2.14. The quantitative estimate of drug-likeness (QED) is 0.841. The molecule has 2 aromatic rings. The average molecular weight is 275 g/mol. The maximum absolute atomic E-state index is 13.8. The molecule has 0 aliphatic rings. The van der Waals surface area contributed by atoms with Gasteiger partial charge in [-0.15, -0.1) is 0 Å². The third kappa shape index (κ3) is 4.17. The Balaban J connectivity index is 2.05. The lowest BCUT2D eigenvalue weighted by molar-refractivity contribution is 0.461. The van der Waals surface area contributed by atoms with E-state index in [4.69, 9.17) is 0 Å². The number of hydrogen-bond acceptors (Lipinski definition) is 2. The smallest absolute Gasteiger partial charge is 0.126 e. The van der Waals surface area contributed by atoms with Crippen molar-refractivity contribution >= 4 is 0 Å². The molecule has 2 rings (SSSR count). The summed E-state index contributed by atoms with van der Waals surface area (Å²) >= 11 is 0. The Hall–Kier alpha value is -1.68. The maximum Gasteiger partial charge on any atom is 0.126 e. The van der Waals surface area contributed by atoms with Crippen LogP contribution in [0.2, 0.25) is 0 Å². The number of halogens is 1. The van der Waals surface area contributed by atoms with Crippen LogP contribution in [-0.4, -0.2) is 22.9 Å². The number of rotatable bonds is 7. The molecule has 0 amide bonds. The average Bonchev–Trinajstić information content (AvgIpc) is 2.84. The monoisotopic (exact) mass is 275 g/mol. The Morgan fingerprint density at radius 1 is 1.25 bits per heavy atom. The van der Waals surface area contributed by atoms with E-state index in [0.29, 0.717) is 5.92 Å². The third-order valence-electron chi connectivity index (χ3n) is 3.42. The molecule has 3 nitrogen and oxygen atoms in total. The number of nitrogens with one attached hydrogen (secondary N) is 1. The van der Waals surface area contributed by atoms with E-state index < -0.39 is 0 Å². The first-order valence-electron chi connectivity index (χ1n) is 7.11. The molecule has 108 valence electrons. The topological polar surface area (TPSA) is 29.9 Å². The predicted octanol–water partition coefficient (Wildman–Crippen LogP) is 2.57. The van der Waals surface area contributed by atoms with Gasteiger partial charge in [0.2, 0.25) is 0 Å². The van der Waals surface area contributed by atoms with Crippen LogP contribution >= 0.6 is 0 Å². The normalized spacial score (nSPS) is 12.6. The number of aromatic nitrogens is 2. The number of nitrogens with zero attached hydrogens (tertiary/aromatic N) is 2. The van der Waals surface area contributed by atoms with Crippen LogP contribution in [-0.2, 0) is 19.9 Å². The summed E-state index contributed by atoms with van der Waals surface area (Å²) in [4.78, 5) is 0. The minimum absolute atomic E-state index is 0.116. The van der Waals surface area contributed by atoms with Gasteiger partial charge in [-0.1, -0.05) is 25.1 Å². The van der Waals surface area contributed by atoms with Crippen molar-refractivity contribution in [2.24, 2.45) is 13.0 Å². The largest absolute Gasteiger partial charge is 0.317 e. The third-order valence-corrected chi connectivity index (χ3v) is 3.42. The zero-order chi connectivity index (χ0) is 14.4. The van der Waals surface area contributed by atoms with Gasteiger partial charge in [0, 0.05) is 13.2 Å². The van der Waals surface area contributed by atoms with Crippen molar-refractivity contribution in [2.75, 3.05) is 13.1 Å². The molecule has 0 aliphatic carbocycles. The van der Waals surface area contributed by atoms with Crippen LogP contribution in [0.3, 0.4) is 0 Å². The SMILES string of the molecule is CCNCC(Cc1ccn(C)n1)Cc1ccccc1F. The molecule has 0 fully saturated rings. The molecule has 1 atom stereocenters. The van der Waals surface area contributed by atoms with Crippen LogP contribution in [0.4, 0.5) is 4.39 Å². The lowest BCUT2D eigenvalue weighted by Gasteiger charge is -2.16. The van der Waals surface area contributed by atoms with Crippen molar-refractivity contribution in [1.82, 2.24) is 15.1 Å². The molecule has 0 spiro atoms. The Bertz CT molecular complexity index is 536. The molecule has 1 aromatic carbocycles. The van der Waals surface area contributed by atoms with Crippen LogP contribution in [0.1, 0.15) is 18.2 Å². The molecule has 0 saturated carbocycles. The highest BCUT2D eigenvalue weighted by Crippen LogP contribution is 2.16. The van der Waals surface area contributed by atoms with E-state index in [0.717, 1.165) is 37.2 Å². The highest BCUT2D eigenvalue weighted by molar-refractivity contribution is 5.18. The van der Waals surface area contributed by atoms with Crippen LogP contribution in [0.25, 0.3) is 0 Å². The van der Waals surface area contributed by atoms with E-state index in [2.05, 4.69) is 17.3 Å². The first kappa shape index (κ1) is 14.7. The van der Waals surface area contributed by atoms with Crippen molar-refractivity contribution in [3.63, 3.8) is 0 Å². The van der Waals surface area contributed by atoms with E-state index in [1.54, 1.807) is 6.07 Å². The van der Waals surface area contributed by atoms with Gasteiger partial charge >= 0.3 is 0 Å². The lowest BCUT2D eigenvalue weighted by Crippen LogP contribution is -2.26. The second-order valence-corrected chi connectivity index (χ2v) is 5.15. The van der Waals surface area contributed by atoms with Gasteiger partial charge in [-0.05, 0) is 49.5 Å². The standard InChI is InChI=1S/C16H22FN3/c1-3-18-12-13(11-15-8-9-20(2)19-15)10-14-6-4-5-7-16(14)17/h4-9,13,18H,3,10-12H2,1-2H3. The summed E-state index contributed by atoms with van der Waals surface area (Å²) in [5.41, 5.74) is 1.85. The summed E-state index contributed by atoms with van der Waals surface area (Å²) in [6.07, 6.45) is 3.54. The van der Waals surface area contributed by atoms with Gasteiger partial charge in [-0.3, -0.25) is 4.68 Å². The molecule has 0 bridgehead atoms. The Morgan fingerprint density at radius 2 is 2.05 bits per heavy atom. The molecule has 4 heteroatoms. The van der Waals surface area contributed by atoms with E-state index in [1.165, 1.54) is 6.07 Å². The minimum Gasteiger partial charge on any atom is -0.317 e. The Labute approximate surface area is 119 Å². The van der Waals surface area contributed by atoms with Gasteiger partial charge in [-0.25, -0.2) is 4.39 Å². The van der Waals surface area contributed by atoms with E-state index in [-0.39, 0.29) is 5.82 Å². The Kier molecular flexibility index (Phi) is 5.30. The number of aryl methyl sites for hydroxylation is 1. The zero-order valence-corrected chi connectivity index (χ0v) is 12.1. The molecular weight excluding hydrogens is 253 g/mol. The van der Waals surface area contributed by atoms with Crippen LogP contribution in [0.15, 0.2) is 36.5 Å². The fraction of sp³-hybridized carbons (Fsp3) is 0.438. The number of benzene rings is 1. The molecule has 0 saturated heterocycles. The molecule has 0 aliphatic heterocycles. The van der Waals surface area contributed by atoms with Gasteiger partial charge in [-0.2, -0.15) is 5.10 Å². The van der Waals surface area contributed by atoms with Crippen molar-refractivity contribution in [2.45, 2.75) is 19.8 Å². The molecule has 1 heterocycles. The summed E-state index contributed by atoms with van der Waals surface area (Å²) < 4.78 is 15.6. The van der Waals surface area contributed by atoms with E-state index in [9.17, 15) is 4.39 Å². The highest BCUT2D eigenvalue weighted by atomic mass is 19.1. The fourth-order valence-corrected chi connectivity index (χ4v) is 2.41. The van der Waals surface area contributed by atoms with Gasteiger partial charge in [0.05, 0.1) is 5.69 Å². The molecule has 0 radical (unpaired) electrons. The molecule has 1 unspecified atom stereocenters. The van der Waals surface area contributed by atoms with E-state index in [1.807, 2.05) is 36.1 Å². The summed E-state index contributed by atoms with van der Waals surface area (Å²) in [6.45, 7) is 3.89. The Morgan fingerprint density at radius 3 is 2.70 bits per heavy atom. The fourth-order valence-electron chi connectivity index (χ4n) is 2.41. The summed E-state index contributed by atoms with van der Waals surface area (Å²) in [5.74, 6) is 0.233. The first-order valence-corrected chi connectivity index (χ1v) is 7.11. The van der Waals surface area contributed by atoms with Crippen molar-refractivity contribution < 1.29 is 4.39 Å². The van der Waals surface area contributed by atoms with Crippen LogP contribution in [0, 0.1) is 11.7 Å². The second kappa shape index (κ2) is 7.20. The van der Waals surface area contributed by atoms with Crippen LogP contribution in [0.5, 0.6) is 0 Å². The summed E-state index contributed by atoms with van der Waals surface area (Å²) in [6, 6.07) is 9.05. The predicted molar refractivity (Wildman–Crippen MR) is 79.0 cm³/mol. The van der Waals surface area contributed by atoms with Crippen molar-refractivity contribution in [3.8, 4) is 0 Å². The molecule has 1 aromatic heterocycles. The van der Waals surface area contributed by atoms with Gasteiger partial charge in [0.1, 0.15) is 5.82 Å². The van der Waals surface area contributed by atoms with Crippen LogP contribution < -0.4 is 5.32 Å². The number of hydrogen-bond donors (Lipinski definition) is 1. The second-order valence-electron chi connectivity index (χ2n) is 5.15. The van der Waals surface area contributed by atoms with Crippen molar-refractivity contribution in [3.05, 3.63) is 53.6 Å². The maximum atomic E-state index is 13.8. The van der Waals surface area contributed by atoms with E-state index >= 15 is 0 Å². The lowest BCUT2D eigenvalue weighted by atomic mass is 9.94. The van der Waals surface area contributed by atoms with Gasteiger partial charge in [0.25, 0.3) is 0 Å². The van der Waals surface area contributed by atoms with Crippen molar-refractivity contribution in [1.29, 1.82) is 0 Å². The molecule has 1 N–H and O–H groups in total. The zero-order valence-electron chi connectivity index (χ0n) is 12.1. The summed E-state index contributed by atoms with van der Waals surface area (Å²) in [7, 11) is 1.92. The summed E-state index contributed by atoms with van der Waals surface area (Å²) in [5, 5.41) is 7.78. The minimum atomic E-state index is -0.116. The molecular formula is C16H22FN3.